The summed E-state index contributed by atoms with van der Waals surface area (Å²) in [7, 11) is 0. The zero-order valence-electron chi connectivity index (χ0n) is 17.1. The predicted molar refractivity (Wildman–Crippen MR) is 133 cm³/mol. The maximum absolute atomic E-state index is 13.0. The highest BCUT2D eigenvalue weighted by molar-refractivity contribution is 8.26. The fourth-order valence-corrected chi connectivity index (χ4v) is 4.82. The standard InChI is InChI=1S/C24H22ClN3OS2/c1-2-3-7-14-27-23(29)21(31-24(27)30)15-18-16-28(20-8-5-4-6-9-20)26-22(18)17-10-12-19(25)13-11-17/h4-6,8-13,15-16H,2-3,7,14H2,1H3/b21-15-. The summed E-state index contributed by atoms with van der Waals surface area (Å²) < 4.78 is 2.45. The number of halogens is 1. The van der Waals surface area contributed by atoms with Crippen LogP contribution in [0.2, 0.25) is 5.02 Å². The molecule has 0 bridgehead atoms. The molecule has 4 rings (SSSR count). The second-order valence-electron chi connectivity index (χ2n) is 7.26. The molecular weight excluding hydrogens is 446 g/mol. The zero-order chi connectivity index (χ0) is 21.8. The SMILES string of the molecule is CCCCCN1C(=O)/C(=C/c2cn(-c3ccccc3)nc2-c2ccc(Cl)cc2)SC1=S. The van der Waals surface area contributed by atoms with Gasteiger partial charge < -0.3 is 0 Å². The summed E-state index contributed by atoms with van der Waals surface area (Å²) in [5.41, 5.74) is 3.53. The topological polar surface area (TPSA) is 38.1 Å². The third kappa shape index (κ3) is 4.92. The molecule has 1 aliphatic heterocycles. The Morgan fingerprint density at radius 1 is 1.10 bits per heavy atom. The molecule has 7 heteroatoms. The Balaban J connectivity index is 1.71. The van der Waals surface area contributed by atoms with Gasteiger partial charge in [0.2, 0.25) is 0 Å². The van der Waals surface area contributed by atoms with Crippen LogP contribution in [0.5, 0.6) is 0 Å². The summed E-state index contributed by atoms with van der Waals surface area (Å²) in [6.45, 7) is 2.82. The lowest BCUT2D eigenvalue weighted by Crippen LogP contribution is -2.28. The van der Waals surface area contributed by atoms with E-state index in [4.69, 9.17) is 28.9 Å². The quantitative estimate of drug-likeness (QED) is 0.223. The number of nitrogens with zero attached hydrogens (tertiary/aromatic N) is 3. The van der Waals surface area contributed by atoms with E-state index in [0.29, 0.717) is 20.8 Å². The maximum Gasteiger partial charge on any atom is 0.266 e. The second-order valence-corrected chi connectivity index (χ2v) is 9.37. The molecule has 1 fully saturated rings. The first kappa shape index (κ1) is 21.8. The van der Waals surface area contributed by atoms with Gasteiger partial charge in [0, 0.05) is 28.9 Å². The summed E-state index contributed by atoms with van der Waals surface area (Å²) in [6.07, 6.45) is 6.99. The summed E-state index contributed by atoms with van der Waals surface area (Å²) in [4.78, 5) is 15.3. The molecule has 2 aromatic carbocycles. The van der Waals surface area contributed by atoms with E-state index in [-0.39, 0.29) is 5.91 Å². The number of benzene rings is 2. The molecule has 0 atom stereocenters. The second kappa shape index (κ2) is 9.81. The first-order chi connectivity index (χ1) is 15.1. The Labute approximate surface area is 196 Å². The van der Waals surface area contributed by atoms with Crippen LogP contribution in [-0.4, -0.2) is 31.5 Å². The summed E-state index contributed by atoms with van der Waals surface area (Å²) in [5, 5.41) is 5.48. The number of hydrogen-bond donors (Lipinski definition) is 0. The Morgan fingerprint density at radius 2 is 1.84 bits per heavy atom. The number of thiocarbonyl (C=S) groups is 1. The maximum atomic E-state index is 13.0. The number of thioether (sulfide) groups is 1. The highest BCUT2D eigenvalue weighted by Gasteiger charge is 2.31. The molecule has 158 valence electrons. The van der Waals surface area contributed by atoms with E-state index >= 15 is 0 Å². The van der Waals surface area contributed by atoms with Crippen molar-refractivity contribution in [3.8, 4) is 16.9 Å². The van der Waals surface area contributed by atoms with Crippen molar-refractivity contribution in [1.29, 1.82) is 0 Å². The molecule has 0 unspecified atom stereocenters. The van der Waals surface area contributed by atoms with Gasteiger partial charge in [-0.05, 0) is 36.8 Å². The van der Waals surface area contributed by atoms with Crippen LogP contribution in [0.15, 0.2) is 65.7 Å². The highest BCUT2D eigenvalue weighted by Crippen LogP contribution is 2.35. The van der Waals surface area contributed by atoms with Gasteiger partial charge in [0.05, 0.1) is 16.3 Å². The van der Waals surface area contributed by atoms with E-state index in [1.807, 2.05) is 71.6 Å². The van der Waals surface area contributed by atoms with Gasteiger partial charge in [0.15, 0.2) is 0 Å². The lowest BCUT2D eigenvalue weighted by Gasteiger charge is -2.13. The molecule has 3 aromatic rings. The van der Waals surface area contributed by atoms with Crippen LogP contribution >= 0.6 is 35.6 Å². The van der Waals surface area contributed by atoms with Crippen molar-refractivity contribution in [2.24, 2.45) is 0 Å². The van der Waals surface area contributed by atoms with Crippen molar-refractivity contribution < 1.29 is 4.79 Å². The van der Waals surface area contributed by atoms with E-state index < -0.39 is 0 Å². The average molecular weight is 468 g/mol. The van der Waals surface area contributed by atoms with Gasteiger partial charge in [-0.3, -0.25) is 9.69 Å². The van der Waals surface area contributed by atoms with Gasteiger partial charge in [0.25, 0.3) is 5.91 Å². The van der Waals surface area contributed by atoms with Gasteiger partial charge in [-0.2, -0.15) is 5.10 Å². The fourth-order valence-electron chi connectivity index (χ4n) is 3.39. The van der Waals surface area contributed by atoms with E-state index in [1.165, 1.54) is 11.8 Å². The molecule has 4 nitrogen and oxygen atoms in total. The molecule has 0 radical (unpaired) electrons. The minimum Gasteiger partial charge on any atom is -0.293 e. The van der Waals surface area contributed by atoms with Gasteiger partial charge in [0.1, 0.15) is 4.32 Å². The normalized spacial score (nSPS) is 15.3. The van der Waals surface area contributed by atoms with E-state index in [1.54, 1.807) is 4.90 Å². The lowest BCUT2D eigenvalue weighted by molar-refractivity contribution is -0.122. The Kier molecular flexibility index (Phi) is 6.90. The van der Waals surface area contributed by atoms with Crippen LogP contribution in [0, 0.1) is 0 Å². The number of para-hydroxylation sites is 1. The molecule has 2 heterocycles. The monoisotopic (exact) mass is 467 g/mol. The number of carbonyl (C=O) groups excluding carboxylic acids is 1. The number of unbranched alkanes of at least 4 members (excludes halogenated alkanes) is 2. The number of rotatable bonds is 7. The Bertz CT molecular complexity index is 1120. The van der Waals surface area contributed by atoms with Crippen molar-refractivity contribution in [3.05, 3.63) is 76.3 Å². The molecule has 1 aliphatic rings. The number of aromatic nitrogens is 2. The molecule has 1 amide bonds. The van der Waals surface area contributed by atoms with Crippen LogP contribution in [0.4, 0.5) is 0 Å². The van der Waals surface area contributed by atoms with Crippen molar-refractivity contribution in [1.82, 2.24) is 14.7 Å². The van der Waals surface area contributed by atoms with Crippen LogP contribution in [0.25, 0.3) is 23.0 Å². The van der Waals surface area contributed by atoms with Gasteiger partial charge >= 0.3 is 0 Å². The first-order valence-electron chi connectivity index (χ1n) is 10.2. The van der Waals surface area contributed by atoms with Crippen molar-refractivity contribution in [3.63, 3.8) is 0 Å². The Morgan fingerprint density at radius 3 is 2.55 bits per heavy atom. The minimum atomic E-state index is -0.0272. The largest absolute Gasteiger partial charge is 0.293 e. The van der Waals surface area contributed by atoms with Crippen LogP contribution < -0.4 is 0 Å². The molecule has 31 heavy (non-hydrogen) atoms. The van der Waals surface area contributed by atoms with Gasteiger partial charge in [-0.15, -0.1) is 0 Å². The third-order valence-electron chi connectivity index (χ3n) is 5.03. The molecule has 0 aliphatic carbocycles. The highest BCUT2D eigenvalue weighted by atomic mass is 35.5. The van der Waals surface area contributed by atoms with Crippen LogP contribution in [-0.2, 0) is 4.79 Å². The third-order valence-corrected chi connectivity index (χ3v) is 6.66. The molecule has 0 N–H and O–H groups in total. The van der Waals surface area contributed by atoms with E-state index in [0.717, 1.165) is 41.8 Å². The summed E-state index contributed by atoms with van der Waals surface area (Å²) in [5.74, 6) is -0.0272. The average Bonchev–Trinajstić information content (AvgIpc) is 3.31. The lowest BCUT2D eigenvalue weighted by atomic mass is 10.1. The molecule has 0 saturated carbocycles. The smallest absolute Gasteiger partial charge is 0.266 e. The molecule has 1 saturated heterocycles. The van der Waals surface area contributed by atoms with Gasteiger partial charge in [-0.25, -0.2) is 4.68 Å². The fraction of sp³-hybridized carbons (Fsp3) is 0.208. The number of carbonyl (C=O) groups is 1. The molecular formula is C24H22ClN3OS2. The van der Waals surface area contributed by atoms with Crippen molar-refractivity contribution in [2.45, 2.75) is 26.2 Å². The minimum absolute atomic E-state index is 0.0272. The van der Waals surface area contributed by atoms with Gasteiger partial charge in [-0.1, -0.05) is 85.7 Å². The summed E-state index contributed by atoms with van der Waals surface area (Å²) in [6, 6.07) is 17.5. The van der Waals surface area contributed by atoms with E-state index in [2.05, 4.69) is 6.92 Å². The van der Waals surface area contributed by atoms with Crippen molar-refractivity contribution >= 4 is 51.9 Å². The van der Waals surface area contributed by atoms with Crippen LogP contribution in [0.1, 0.15) is 31.7 Å². The van der Waals surface area contributed by atoms with E-state index in [9.17, 15) is 4.79 Å². The predicted octanol–water partition coefficient (Wildman–Crippen LogP) is 6.58. The first-order valence-corrected chi connectivity index (χ1v) is 11.8. The molecule has 1 aromatic heterocycles. The molecule has 0 spiro atoms. The zero-order valence-corrected chi connectivity index (χ0v) is 19.5. The number of amides is 1. The summed E-state index contributed by atoms with van der Waals surface area (Å²) >= 11 is 12.9. The Hall–Kier alpha value is -2.41. The number of hydrogen-bond acceptors (Lipinski definition) is 4. The van der Waals surface area contributed by atoms with Crippen molar-refractivity contribution in [2.75, 3.05) is 6.54 Å². The van der Waals surface area contributed by atoms with Crippen LogP contribution in [0.3, 0.4) is 0 Å².